The third-order valence-corrected chi connectivity index (χ3v) is 4.09. The van der Waals surface area contributed by atoms with Crippen LogP contribution in [0.15, 0.2) is 60.7 Å². The minimum Gasteiger partial charge on any atom is -0.370 e. The van der Waals surface area contributed by atoms with E-state index in [0.29, 0.717) is 12.2 Å². The lowest BCUT2D eigenvalue weighted by Gasteiger charge is -2.32. The summed E-state index contributed by atoms with van der Waals surface area (Å²) in [5.74, 6) is -0.0363. The molecule has 0 spiro atoms. The van der Waals surface area contributed by atoms with Crippen LogP contribution in [-0.2, 0) is 11.3 Å². The van der Waals surface area contributed by atoms with E-state index >= 15 is 0 Å². The average Bonchev–Trinajstić information content (AvgIpc) is 2.62. The minimum absolute atomic E-state index is 0.0170. The second-order valence-electron chi connectivity index (χ2n) is 5.77. The first kappa shape index (κ1) is 15.7. The molecule has 2 N–H and O–H groups in total. The molecule has 2 aromatic carbocycles. The number of carbonyl (C=O) groups excluding carboxylic acids is 1. The van der Waals surface area contributed by atoms with Gasteiger partial charge in [0.25, 0.3) is 5.91 Å². The molecule has 0 bridgehead atoms. The van der Waals surface area contributed by atoms with Gasteiger partial charge in [-0.1, -0.05) is 48.5 Å². The number of ether oxygens (including phenoxy) is 1. The van der Waals surface area contributed by atoms with Gasteiger partial charge < -0.3 is 15.4 Å². The summed E-state index contributed by atoms with van der Waals surface area (Å²) in [7, 11) is 0. The number of hydrogen-bond donors (Lipinski definition) is 2. The SMILES string of the molecule is O=C(NC1CCNCC1OCc1ccccc1)c1ccccc1. The summed E-state index contributed by atoms with van der Waals surface area (Å²) in [6.45, 7) is 2.21. The number of piperidine rings is 1. The summed E-state index contributed by atoms with van der Waals surface area (Å²) in [5.41, 5.74) is 1.83. The minimum atomic E-state index is -0.0363. The van der Waals surface area contributed by atoms with Crippen LogP contribution in [-0.4, -0.2) is 31.1 Å². The Morgan fingerprint density at radius 1 is 1.09 bits per heavy atom. The zero-order valence-electron chi connectivity index (χ0n) is 13.1. The molecule has 0 saturated carbocycles. The van der Waals surface area contributed by atoms with E-state index in [0.717, 1.165) is 25.1 Å². The van der Waals surface area contributed by atoms with Crippen molar-refractivity contribution in [3.8, 4) is 0 Å². The fourth-order valence-electron chi connectivity index (χ4n) is 2.79. The van der Waals surface area contributed by atoms with Crippen LogP contribution in [0.5, 0.6) is 0 Å². The maximum Gasteiger partial charge on any atom is 0.251 e. The molecule has 2 atom stereocenters. The Labute approximate surface area is 136 Å². The Hall–Kier alpha value is -2.17. The Morgan fingerprint density at radius 2 is 1.78 bits per heavy atom. The van der Waals surface area contributed by atoms with Crippen LogP contribution in [0.4, 0.5) is 0 Å². The van der Waals surface area contributed by atoms with Gasteiger partial charge in [0.05, 0.1) is 18.8 Å². The first-order valence-corrected chi connectivity index (χ1v) is 8.05. The summed E-state index contributed by atoms with van der Waals surface area (Å²) in [6.07, 6.45) is 0.856. The quantitative estimate of drug-likeness (QED) is 0.891. The standard InChI is InChI=1S/C19H22N2O2/c22-19(16-9-5-2-6-10-16)21-17-11-12-20-13-18(17)23-14-15-7-3-1-4-8-15/h1-10,17-18,20H,11-14H2,(H,21,22). The lowest BCUT2D eigenvalue weighted by molar-refractivity contribution is 0.00362. The molecule has 1 amide bonds. The maximum absolute atomic E-state index is 12.3. The van der Waals surface area contributed by atoms with Crippen LogP contribution in [0, 0.1) is 0 Å². The van der Waals surface area contributed by atoms with Gasteiger partial charge in [0.15, 0.2) is 0 Å². The van der Waals surface area contributed by atoms with E-state index in [9.17, 15) is 4.79 Å². The summed E-state index contributed by atoms with van der Waals surface area (Å²) in [4.78, 5) is 12.3. The van der Waals surface area contributed by atoms with Gasteiger partial charge in [0.2, 0.25) is 0 Å². The third-order valence-electron chi connectivity index (χ3n) is 4.09. The van der Waals surface area contributed by atoms with Gasteiger partial charge in [-0.2, -0.15) is 0 Å². The molecule has 1 aliphatic heterocycles. The summed E-state index contributed by atoms with van der Waals surface area (Å²) in [6, 6.07) is 19.5. The van der Waals surface area contributed by atoms with Crippen molar-refractivity contribution in [1.82, 2.24) is 10.6 Å². The first-order valence-electron chi connectivity index (χ1n) is 8.05. The molecule has 4 heteroatoms. The predicted molar refractivity (Wildman–Crippen MR) is 90.2 cm³/mol. The summed E-state index contributed by atoms with van der Waals surface area (Å²) < 4.78 is 6.04. The van der Waals surface area contributed by atoms with Gasteiger partial charge in [0, 0.05) is 12.1 Å². The molecule has 2 aromatic rings. The zero-order valence-corrected chi connectivity index (χ0v) is 13.1. The number of carbonyl (C=O) groups is 1. The fraction of sp³-hybridized carbons (Fsp3) is 0.316. The first-order chi connectivity index (χ1) is 11.3. The van der Waals surface area contributed by atoms with E-state index < -0.39 is 0 Å². The molecule has 2 unspecified atom stereocenters. The number of nitrogens with one attached hydrogen (secondary N) is 2. The van der Waals surface area contributed by atoms with Crippen molar-refractivity contribution in [1.29, 1.82) is 0 Å². The molecular formula is C19H22N2O2. The van der Waals surface area contributed by atoms with E-state index in [4.69, 9.17) is 4.74 Å². The van der Waals surface area contributed by atoms with Crippen molar-refractivity contribution in [3.05, 3.63) is 71.8 Å². The van der Waals surface area contributed by atoms with Crippen LogP contribution in [0.25, 0.3) is 0 Å². The smallest absolute Gasteiger partial charge is 0.251 e. The van der Waals surface area contributed by atoms with Crippen molar-refractivity contribution in [3.63, 3.8) is 0 Å². The highest BCUT2D eigenvalue weighted by atomic mass is 16.5. The fourth-order valence-corrected chi connectivity index (χ4v) is 2.79. The normalized spacial score (nSPS) is 20.9. The van der Waals surface area contributed by atoms with Gasteiger partial charge in [0.1, 0.15) is 0 Å². The molecular weight excluding hydrogens is 288 g/mol. The second kappa shape index (κ2) is 7.90. The van der Waals surface area contributed by atoms with Crippen molar-refractivity contribution in [2.75, 3.05) is 13.1 Å². The van der Waals surface area contributed by atoms with Crippen molar-refractivity contribution >= 4 is 5.91 Å². The van der Waals surface area contributed by atoms with Gasteiger partial charge in [-0.05, 0) is 30.7 Å². The van der Waals surface area contributed by atoms with Gasteiger partial charge >= 0.3 is 0 Å². The zero-order chi connectivity index (χ0) is 15.9. The van der Waals surface area contributed by atoms with Crippen molar-refractivity contribution in [2.24, 2.45) is 0 Å². The highest BCUT2D eigenvalue weighted by molar-refractivity contribution is 5.94. The van der Waals surface area contributed by atoms with Crippen LogP contribution in [0.3, 0.4) is 0 Å². The molecule has 0 aromatic heterocycles. The van der Waals surface area contributed by atoms with Crippen LogP contribution >= 0.6 is 0 Å². The number of benzene rings is 2. The molecule has 0 radical (unpaired) electrons. The highest BCUT2D eigenvalue weighted by Crippen LogP contribution is 2.12. The molecule has 3 rings (SSSR count). The van der Waals surface area contributed by atoms with E-state index in [1.807, 2.05) is 60.7 Å². The van der Waals surface area contributed by atoms with Crippen molar-refractivity contribution in [2.45, 2.75) is 25.2 Å². The van der Waals surface area contributed by atoms with E-state index in [2.05, 4.69) is 10.6 Å². The predicted octanol–water partition coefficient (Wildman–Crippen LogP) is 2.36. The monoisotopic (exact) mass is 310 g/mol. The Balaban J connectivity index is 1.59. The Kier molecular flexibility index (Phi) is 5.40. The lowest BCUT2D eigenvalue weighted by atomic mass is 10.0. The topological polar surface area (TPSA) is 50.4 Å². The van der Waals surface area contributed by atoms with Crippen LogP contribution in [0.2, 0.25) is 0 Å². The third kappa shape index (κ3) is 4.41. The number of rotatable bonds is 5. The Bertz CT molecular complexity index is 616. The van der Waals surface area contributed by atoms with E-state index in [-0.39, 0.29) is 18.1 Å². The molecule has 0 aliphatic carbocycles. The van der Waals surface area contributed by atoms with E-state index in [1.165, 1.54) is 0 Å². The molecule has 1 aliphatic rings. The van der Waals surface area contributed by atoms with Crippen LogP contribution < -0.4 is 10.6 Å². The molecule has 1 saturated heterocycles. The average molecular weight is 310 g/mol. The van der Waals surface area contributed by atoms with Crippen molar-refractivity contribution < 1.29 is 9.53 Å². The molecule has 4 nitrogen and oxygen atoms in total. The highest BCUT2D eigenvalue weighted by Gasteiger charge is 2.27. The summed E-state index contributed by atoms with van der Waals surface area (Å²) >= 11 is 0. The molecule has 1 fully saturated rings. The van der Waals surface area contributed by atoms with Gasteiger partial charge in [-0.3, -0.25) is 4.79 Å². The largest absolute Gasteiger partial charge is 0.370 e. The molecule has 120 valence electrons. The maximum atomic E-state index is 12.3. The summed E-state index contributed by atoms with van der Waals surface area (Å²) in [5, 5.41) is 6.46. The number of amides is 1. The lowest BCUT2D eigenvalue weighted by Crippen LogP contribution is -2.53. The van der Waals surface area contributed by atoms with Gasteiger partial charge in [-0.15, -0.1) is 0 Å². The second-order valence-corrected chi connectivity index (χ2v) is 5.77. The van der Waals surface area contributed by atoms with Crippen LogP contribution in [0.1, 0.15) is 22.3 Å². The Morgan fingerprint density at radius 3 is 2.52 bits per heavy atom. The molecule has 23 heavy (non-hydrogen) atoms. The van der Waals surface area contributed by atoms with E-state index in [1.54, 1.807) is 0 Å². The molecule has 1 heterocycles. The number of hydrogen-bond acceptors (Lipinski definition) is 3. The van der Waals surface area contributed by atoms with Gasteiger partial charge in [-0.25, -0.2) is 0 Å².